The summed E-state index contributed by atoms with van der Waals surface area (Å²) in [5.74, 6) is 0. The molecule has 1 aromatic heterocycles. The molecule has 1 aromatic rings. The number of hydrogen-bond donors (Lipinski definition) is 2. The third-order valence-corrected chi connectivity index (χ3v) is 3.08. The minimum absolute atomic E-state index is 0.669. The number of thiophene rings is 1. The van der Waals surface area contributed by atoms with Gasteiger partial charge in [-0.3, -0.25) is 0 Å². The van der Waals surface area contributed by atoms with Crippen molar-refractivity contribution in [1.29, 1.82) is 0 Å². The molecule has 3 nitrogen and oxygen atoms in total. The van der Waals surface area contributed by atoms with Crippen LogP contribution in [-0.4, -0.2) is 11.4 Å². The number of rotatable bonds is 1. The minimum Gasteiger partial charge on any atom is -0.368 e. The first-order valence-electron chi connectivity index (χ1n) is 3.90. The Labute approximate surface area is 74.8 Å². The second-order valence-corrected chi connectivity index (χ2v) is 3.78. The van der Waals surface area contributed by atoms with Crippen molar-refractivity contribution < 1.29 is 5.11 Å². The molecule has 0 amide bonds. The Morgan fingerprint density at radius 3 is 3.25 bits per heavy atom. The van der Waals surface area contributed by atoms with Gasteiger partial charge in [0.1, 0.15) is 5.00 Å². The Kier molecular flexibility index (Phi) is 1.86. The number of aliphatic hydroxyl groups is 1. The van der Waals surface area contributed by atoms with E-state index < -0.39 is 6.23 Å². The van der Waals surface area contributed by atoms with E-state index in [1.807, 2.05) is 6.07 Å². The lowest BCUT2D eigenvalue weighted by molar-refractivity contribution is 0.189. The first-order valence-corrected chi connectivity index (χ1v) is 4.71. The highest BCUT2D eigenvalue weighted by atomic mass is 32.1. The normalized spacial score (nSPS) is 20.3. The maximum absolute atomic E-state index is 9.44. The Bertz CT molecular complexity index is 319. The molecule has 12 heavy (non-hydrogen) atoms. The molecular weight excluding hydrogens is 172 g/mol. The number of aliphatic hydroxyl groups excluding tert-OH is 1. The Morgan fingerprint density at radius 2 is 2.58 bits per heavy atom. The van der Waals surface area contributed by atoms with E-state index in [-0.39, 0.29) is 0 Å². The first kappa shape index (κ1) is 7.76. The predicted molar refractivity (Wildman–Crippen MR) is 50.8 cm³/mol. The molecule has 2 rings (SSSR count). The smallest absolute Gasteiger partial charge is 0.175 e. The Hall–Kier alpha value is -0.870. The van der Waals surface area contributed by atoms with Gasteiger partial charge >= 0.3 is 0 Å². The molecule has 0 fully saturated rings. The van der Waals surface area contributed by atoms with Crippen LogP contribution < -0.4 is 5.32 Å². The van der Waals surface area contributed by atoms with Crippen LogP contribution in [-0.2, 0) is 6.42 Å². The zero-order chi connectivity index (χ0) is 8.55. The van der Waals surface area contributed by atoms with Crippen LogP contribution >= 0.6 is 11.3 Å². The van der Waals surface area contributed by atoms with E-state index >= 15 is 0 Å². The SMILES string of the molecule is CCc1cc2c(s1)NC=NC2O. The Balaban J connectivity index is 2.41. The summed E-state index contributed by atoms with van der Waals surface area (Å²) in [5.41, 5.74) is 0.902. The van der Waals surface area contributed by atoms with Crippen molar-refractivity contribution >= 4 is 22.7 Å². The fraction of sp³-hybridized carbons (Fsp3) is 0.375. The summed E-state index contributed by atoms with van der Waals surface area (Å²) in [5, 5.41) is 13.5. The molecule has 0 saturated carbocycles. The zero-order valence-corrected chi connectivity index (χ0v) is 7.56. The van der Waals surface area contributed by atoms with Crippen LogP contribution in [0, 0.1) is 0 Å². The van der Waals surface area contributed by atoms with Gasteiger partial charge in [-0.05, 0) is 12.5 Å². The summed E-state index contributed by atoms with van der Waals surface area (Å²) < 4.78 is 0. The van der Waals surface area contributed by atoms with Gasteiger partial charge in [0.05, 0.1) is 6.34 Å². The van der Waals surface area contributed by atoms with Crippen LogP contribution in [0.2, 0.25) is 0 Å². The summed E-state index contributed by atoms with van der Waals surface area (Å²) in [6.07, 6.45) is 1.88. The van der Waals surface area contributed by atoms with Crippen molar-refractivity contribution in [3.8, 4) is 0 Å². The van der Waals surface area contributed by atoms with Gasteiger partial charge in [-0.15, -0.1) is 11.3 Å². The van der Waals surface area contributed by atoms with Crippen molar-refractivity contribution in [3.05, 3.63) is 16.5 Å². The summed E-state index contributed by atoms with van der Waals surface area (Å²) in [6, 6.07) is 2.01. The van der Waals surface area contributed by atoms with Crippen LogP contribution in [0.15, 0.2) is 11.1 Å². The molecule has 0 aliphatic carbocycles. The van der Waals surface area contributed by atoms with Gasteiger partial charge in [0, 0.05) is 10.4 Å². The fourth-order valence-corrected chi connectivity index (χ4v) is 2.17. The molecule has 1 unspecified atom stereocenters. The lowest BCUT2D eigenvalue weighted by Crippen LogP contribution is -2.06. The highest BCUT2D eigenvalue weighted by Crippen LogP contribution is 2.34. The van der Waals surface area contributed by atoms with E-state index in [1.165, 1.54) is 4.88 Å². The molecular formula is C8H10N2OS. The van der Waals surface area contributed by atoms with E-state index in [4.69, 9.17) is 0 Å². The van der Waals surface area contributed by atoms with Gasteiger partial charge in [-0.1, -0.05) is 6.92 Å². The minimum atomic E-state index is -0.669. The molecule has 2 heterocycles. The van der Waals surface area contributed by atoms with Crippen molar-refractivity contribution in [2.45, 2.75) is 19.6 Å². The third kappa shape index (κ3) is 1.13. The van der Waals surface area contributed by atoms with Crippen LogP contribution in [0.3, 0.4) is 0 Å². The average molecular weight is 182 g/mol. The summed E-state index contributed by atoms with van der Waals surface area (Å²) >= 11 is 1.68. The topological polar surface area (TPSA) is 44.6 Å². The third-order valence-electron chi connectivity index (χ3n) is 1.85. The van der Waals surface area contributed by atoms with Gasteiger partial charge in [0.15, 0.2) is 6.23 Å². The highest BCUT2D eigenvalue weighted by molar-refractivity contribution is 7.16. The second-order valence-electron chi connectivity index (χ2n) is 2.65. The highest BCUT2D eigenvalue weighted by Gasteiger charge is 2.17. The van der Waals surface area contributed by atoms with Gasteiger partial charge in [-0.25, -0.2) is 4.99 Å². The molecule has 0 radical (unpaired) electrons. The van der Waals surface area contributed by atoms with E-state index in [2.05, 4.69) is 17.2 Å². The second kappa shape index (κ2) is 2.88. The lowest BCUT2D eigenvalue weighted by atomic mass is 10.2. The molecule has 64 valence electrons. The maximum Gasteiger partial charge on any atom is 0.175 e. The molecule has 2 N–H and O–H groups in total. The number of anilines is 1. The number of fused-ring (bicyclic) bond motifs is 1. The molecule has 1 aliphatic rings. The van der Waals surface area contributed by atoms with Crippen LogP contribution in [0.5, 0.6) is 0 Å². The molecule has 1 aliphatic heterocycles. The largest absolute Gasteiger partial charge is 0.368 e. The maximum atomic E-state index is 9.44. The summed E-state index contributed by atoms with van der Waals surface area (Å²) in [4.78, 5) is 5.12. The fourth-order valence-electron chi connectivity index (χ4n) is 1.18. The molecule has 0 bridgehead atoms. The molecule has 0 saturated heterocycles. The van der Waals surface area contributed by atoms with Crippen LogP contribution in [0.25, 0.3) is 0 Å². The number of nitrogens with zero attached hydrogens (tertiary/aromatic N) is 1. The Morgan fingerprint density at radius 1 is 1.75 bits per heavy atom. The number of hydrogen-bond acceptors (Lipinski definition) is 4. The van der Waals surface area contributed by atoms with Gasteiger partial charge < -0.3 is 10.4 Å². The lowest BCUT2D eigenvalue weighted by Gasteiger charge is -2.11. The van der Waals surface area contributed by atoms with Crippen molar-refractivity contribution in [2.24, 2.45) is 4.99 Å². The number of aryl methyl sites for hydroxylation is 1. The van der Waals surface area contributed by atoms with E-state index in [0.717, 1.165) is 17.0 Å². The van der Waals surface area contributed by atoms with E-state index in [9.17, 15) is 5.11 Å². The van der Waals surface area contributed by atoms with Crippen molar-refractivity contribution in [3.63, 3.8) is 0 Å². The monoisotopic (exact) mass is 182 g/mol. The molecule has 0 aromatic carbocycles. The average Bonchev–Trinajstić information content (AvgIpc) is 2.49. The van der Waals surface area contributed by atoms with Crippen molar-refractivity contribution in [2.75, 3.05) is 5.32 Å². The number of nitrogens with one attached hydrogen (secondary N) is 1. The van der Waals surface area contributed by atoms with Crippen LogP contribution in [0.1, 0.15) is 23.6 Å². The summed E-state index contributed by atoms with van der Waals surface area (Å²) in [7, 11) is 0. The zero-order valence-electron chi connectivity index (χ0n) is 6.74. The summed E-state index contributed by atoms with van der Waals surface area (Å²) in [6.45, 7) is 2.10. The van der Waals surface area contributed by atoms with Gasteiger partial charge in [0.2, 0.25) is 0 Å². The predicted octanol–water partition coefficient (Wildman–Crippen LogP) is 1.76. The molecule has 0 spiro atoms. The first-order chi connectivity index (χ1) is 5.81. The number of aliphatic imine (C=N–C) groups is 1. The van der Waals surface area contributed by atoms with Gasteiger partial charge in [-0.2, -0.15) is 0 Å². The van der Waals surface area contributed by atoms with E-state index in [1.54, 1.807) is 17.7 Å². The molecule has 4 heteroatoms. The van der Waals surface area contributed by atoms with Crippen molar-refractivity contribution in [1.82, 2.24) is 0 Å². The quantitative estimate of drug-likeness (QED) is 0.695. The van der Waals surface area contributed by atoms with Gasteiger partial charge in [0.25, 0.3) is 0 Å². The molecule has 1 atom stereocenters. The van der Waals surface area contributed by atoms with Crippen LogP contribution in [0.4, 0.5) is 5.00 Å². The standard InChI is InChI=1S/C8H10N2OS/c1-2-5-3-6-7(11)9-4-10-8(6)12-5/h3-4,7,11H,2H2,1H3,(H,9,10). The van der Waals surface area contributed by atoms with E-state index in [0.29, 0.717) is 0 Å².